The van der Waals surface area contributed by atoms with Crippen LogP contribution in [0, 0.1) is 0 Å². The van der Waals surface area contributed by atoms with Crippen molar-refractivity contribution in [2.45, 2.75) is 148 Å². The van der Waals surface area contributed by atoms with Crippen LogP contribution < -0.4 is 10.6 Å². The molecule has 12 heteroatoms. The Morgan fingerprint density at radius 1 is 0.667 bits per heavy atom. The first-order valence-electron chi connectivity index (χ1n) is 17.4. The van der Waals surface area contributed by atoms with Crippen molar-refractivity contribution < 1.29 is 46.8 Å². The average Bonchev–Trinajstić information content (AvgIpc) is 2.95. The summed E-state index contributed by atoms with van der Waals surface area (Å²) < 4.78 is 33.4. The Kier molecular flexibility index (Phi) is 26.6. The molecule has 2 unspecified atom stereocenters. The number of hydrogen-bond donors (Lipinski definition) is 1. The van der Waals surface area contributed by atoms with Crippen LogP contribution in [0.1, 0.15) is 142 Å². The van der Waals surface area contributed by atoms with E-state index in [2.05, 4.69) is 6.92 Å². The van der Waals surface area contributed by atoms with E-state index in [1.807, 2.05) is 21.1 Å². The largest absolute Gasteiger partial charge is 0.756 e. The highest BCUT2D eigenvalue weighted by Gasteiger charge is 2.21. The lowest BCUT2D eigenvalue weighted by Crippen LogP contribution is -2.37. The summed E-state index contributed by atoms with van der Waals surface area (Å²) >= 11 is 0. The van der Waals surface area contributed by atoms with Gasteiger partial charge in [-0.1, -0.05) is 103 Å². The van der Waals surface area contributed by atoms with Crippen molar-refractivity contribution in [1.29, 1.82) is 0 Å². The Balaban J connectivity index is 4.42. The predicted octanol–water partition coefficient (Wildman–Crippen LogP) is 6.35. The van der Waals surface area contributed by atoms with E-state index in [0.717, 1.165) is 38.5 Å². The van der Waals surface area contributed by atoms with Gasteiger partial charge >= 0.3 is 11.9 Å². The van der Waals surface area contributed by atoms with E-state index in [4.69, 9.17) is 24.3 Å². The Bertz CT molecular complexity index is 820. The second-order valence-corrected chi connectivity index (χ2v) is 14.5. The summed E-state index contributed by atoms with van der Waals surface area (Å²) in [4.78, 5) is 47.8. The molecule has 0 aromatic carbocycles. The minimum atomic E-state index is -4.64. The fraction of sp³-hybridized carbons (Fsp3) is 0.909. The Hall–Kier alpha value is -1.52. The number of phosphoric acid groups is 1. The lowest BCUT2D eigenvalue weighted by atomic mass is 10.0. The van der Waals surface area contributed by atoms with E-state index < -0.39 is 32.5 Å². The predicted molar refractivity (Wildman–Crippen MR) is 175 cm³/mol. The molecule has 0 saturated carbocycles. The van der Waals surface area contributed by atoms with Crippen LogP contribution in [0.2, 0.25) is 0 Å². The normalized spacial score (nSPS) is 13.7. The molecule has 0 bridgehead atoms. The van der Waals surface area contributed by atoms with Gasteiger partial charge in [0.2, 0.25) is 5.91 Å². The summed E-state index contributed by atoms with van der Waals surface area (Å²) in [5, 5.41) is 0. The fourth-order valence-corrected chi connectivity index (χ4v) is 5.37. The van der Waals surface area contributed by atoms with Crippen LogP contribution >= 0.6 is 7.82 Å². The smallest absolute Gasteiger partial charge is 0.306 e. The molecule has 266 valence electrons. The third-order valence-electron chi connectivity index (χ3n) is 7.45. The maximum Gasteiger partial charge on any atom is 0.306 e. The summed E-state index contributed by atoms with van der Waals surface area (Å²) in [5.41, 5.74) is 5.14. The third-order valence-corrected chi connectivity index (χ3v) is 8.41. The Labute approximate surface area is 273 Å². The number of phosphoric ester groups is 1. The Morgan fingerprint density at radius 2 is 1.11 bits per heavy atom. The molecule has 0 aromatic rings. The number of unbranched alkanes of at least 4 members (excludes halogenated alkanes) is 16. The lowest BCUT2D eigenvalue weighted by Gasteiger charge is -2.28. The number of carbonyl (C=O) groups excluding carboxylic acids is 3. The molecule has 0 radical (unpaired) electrons. The highest BCUT2D eigenvalue weighted by atomic mass is 31.2. The van der Waals surface area contributed by atoms with Gasteiger partial charge in [-0.15, -0.1) is 0 Å². The molecule has 2 N–H and O–H groups in total. The molecule has 0 saturated heterocycles. The molecule has 0 aliphatic carbocycles. The summed E-state index contributed by atoms with van der Waals surface area (Å²) in [5.74, 6) is -1.27. The number of carbonyl (C=O) groups is 3. The molecule has 11 nitrogen and oxygen atoms in total. The van der Waals surface area contributed by atoms with Gasteiger partial charge in [0.25, 0.3) is 7.82 Å². The zero-order chi connectivity index (χ0) is 33.8. The van der Waals surface area contributed by atoms with Gasteiger partial charge < -0.3 is 33.6 Å². The van der Waals surface area contributed by atoms with Crippen molar-refractivity contribution >= 4 is 25.7 Å². The minimum Gasteiger partial charge on any atom is -0.756 e. The van der Waals surface area contributed by atoms with Crippen molar-refractivity contribution in [2.24, 2.45) is 5.73 Å². The molecule has 0 aromatic heterocycles. The number of amides is 1. The summed E-state index contributed by atoms with van der Waals surface area (Å²) in [6.45, 7) is 1.84. The van der Waals surface area contributed by atoms with Crippen LogP contribution in [-0.2, 0) is 37.5 Å². The highest BCUT2D eigenvalue weighted by molar-refractivity contribution is 7.45. The number of nitrogens with two attached hydrogens (primary N) is 1. The SMILES string of the molecule is CCCCCCCCCCCCCCCC(=O)OCC(COP(=O)([O-])OCC[N+](C)(C)C)OC(=O)CCCCCCCC(N)=O. The summed E-state index contributed by atoms with van der Waals surface area (Å²) in [6, 6.07) is 0. The number of quaternary nitrogens is 1. The molecule has 0 spiro atoms. The van der Waals surface area contributed by atoms with Gasteiger partial charge in [0, 0.05) is 19.3 Å². The zero-order valence-corrected chi connectivity index (χ0v) is 29.8. The first-order valence-corrected chi connectivity index (χ1v) is 18.8. The Morgan fingerprint density at radius 3 is 1.58 bits per heavy atom. The number of rotatable bonds is 32. The molecule has 2 atom stereocenters. The molecule has 45 heavy (non-hydrogen) atoms. The van der Waals surface area contributed by atoms with Gasteiger partial charge in [-0.2, -0.15) is 0 Å². The molecule has 0 aliphatic heterocycles. The molecular weight excluding hydrogens is 599 g/mol. The minimum absolute atomic E-state index is 0.0533. The van der Waals surface area contributed by atoms with Gasteiger partial charge in [0.15, 0.2) is 6.10 Å². The van der Waals surface area contributed by atoms with Crippen molar-refractivity contribution in [3.8, 4) is 0 Å². The molecule has 0 aliphatic rings. The molecule has 0 heterocycles. The fourth-order valence-electron chi connectivity index (χ4n) is 4.64. The molecule has 1 amide bonds. The van der Waals surface area contributed by atoms with E-state index in [0.29, 0.717) is 30.3 Å². The molecule has 0 fully saturated rings. The quantitative estimate of drug-likeness (QED) is 0.0375. The maximum atomic E-state index is 12.4. The number of primary amides is 1. The van der Waals surface area contributed by atoms with E-state index in [1.165, 1.54) is 64.2 Å². The standard InChI is InChI=1S/C33H65N2O9P/c1-5-6-7-8-9-10-11-12-13-14-15-18-21-24-32(37)41-28-30(29-43-45(39,40)42-27-26-35(2,3)4)44-33(38)25-22-19-16-17-20-23-31(34)36/h30H,5-29H2,1-4H3,(H2-,34,36,39,40). The number of likely N-dealkylation sites (N-methyl/N-ethyl adjacent to an activating group) is 1. The first kappa shape index (κ1) is 43.5. The van der Waals surface area contributed by atoms with Crippen LogP contribution in [0.3, 0.4) is 0 Å². The molecular formula is C33H65N2O9P. The van der Waals surface area contributed by atoms with Crippen LogP contribution in [0.25, 0.3) is 0 Å². The monoisotopic (exact) mass is 664 g/mol. The van der Waals surface area contributed by atoms with Crippen molar-refractivity contribution in [3.05, 3.63) is 0 Å². The van der Waals surface area contributed by atoms with Gasteiger partial charge in [0.1, 0.15) is 19.8 Å². The van der Waals surface area contributed by atoms with Gasteiger partial charge in [-0.05, 0) is 19.3 Å². The van der Waals surface area contributed by atoms with Crippen LogP contribution in [0.4, 0.5) is 0 Å². The van der Waals surface area contributed by atoms with E-state index in [1.54, 1.807) is 0 Å². The topological polar surface area (TPSA) is 154 Å². The van der Waals surface area contributed by atoms with Crippen molar-refractivity contribution in [2.75, 3.05) is 47.5 Å². The number of nitrogens with zero attached hydrogens (tertiary/aromatic N) is 1. The highest BCUT2D eigenvalue weighted by Crippen LogP contribution is 2.38. The number of esters is 2. The van der Waals surface area contributed by atoms with Crippen molar-refractivity contribution in [3.63, 3.8) is 0 Å². The third kappa shape index (κ3) is 32.2. The summed E-state index contributed by atoms with van der Waals surface area (Å²) in [7, 11) is 1.08. The van der Waals surface area contributed by atoms with Crippen LogP contribution in [-0.4, -0.2) is 75.9 Å². The molecule has 0 rings (SSSR count). The lowest BCUT2D eigenvalue weighted by molar-refractivity contribution is -0.870. The summed E-state index contributed by atoms with van der Waals surface area (Å²) in [6.07, 6.45) is 19.1. The van der Waals surface area contributed by atoms with Gasteiger partial charge in [0.05, 0.1) is 27.7 Å². The van der Waals surface area contributed by atoms with E-state index in [-0.39, 0.29) is 32.0 Å². The number of ether oxygens (including phenoxy) is 2. The second kappa shape index (κ2) is 27.6. The van der Waals surface area contributed by atoms with Crippen LogP contribution in [0.5, 0.6) is 0 Å². The van der Waals surface area contributed by atoms with Gasteiger partial charge in [-0.3, -0.25) is 18.9 Å². The average molecular weight is 665 g/mol. The zero-order valence-electron chi connectivity index (χ0n) is 28.9. The maximum absolute atomic E-state index is 12.4. The first-order chi connectivity index (χ1) is 21.3. The van der Waals surface area contributed by atoms with Crippen molar-refractivity contribution in [1.82, 2.24) is 0 Å². The van der Waals surface area contributed by atoms with Gasteiger partial charge in [-0.25, -0.2) is 0 Å². The second-order valence-electron chi connectivity index (χ2n) is 13.1. The number of hydrogen-bond acceptors (Lipinski definition) is 9. The van der Waals surface area contributed by atoms with Crippen LogP contribution in [0.15, 0.2) is 0 Å². The van der Waals surface area contributed by atoms with E-state index >= 15 is 0 Å². The van der Waals surface area contributed by atoms with E-state index in [9.17, 15) is 23.8 Å².